The van der Waals surface area contributed by atoms with Crippen LogP contribution in [-0.2, 0) is 19.1 Å². The third-order valence-electron chi connectivity index (χ3n) is 1.30. The first-order valence-electron chi connectivity index (χ1n) is 5.14. The van der Waals surface area contributed by atoms with Gasteiger partial charge < -0.3 is 19.7 Å². The maximum Gasteiger partial charge on any atom is 0.334 e. The summed E-state index contributed by atoms with van der Waals surface area (Å²) in [7, 11) is 0. The van der Waals surface area contributed by atoms with Crippen molar-refractivity contribution in [2.24, 2.45) is 0 Å². The molecule has 0 aliphatic rings. The van der Waals surface area contributed by atoms with Crippen LogP contribution in [0.25, 0.3) is 0 Å². The molecule has 6 heteroatoms. The molecule has 1 atom stereocenters. The standard InChI is InChI=1S/C6H10O3.C5H10O3/c1-5(2)6(8)9-4-3-7;1-3-8-5(7)4(2)6/h7H,1,3-4H2,2H3;4,6H,3H2,1-2H3. The highest BCUT2D eigenvalue weighted by molar-refractivity contribution is 5.86. The second-order valence-corrected chi connectivity index (χ2v) is 3.07. The van der Waals surface area contributed by atoms with E-state index >= 15 is 0 Å². The first kappa shape index (κ1) is 18.0. The second-order valence-electron chi connectivity index (χ2n) is 3.07. The summed E-state index contributed by atoms with van der Waals surface area (Å²) >= 11 is 0. The van der Waals surface area contributed by atoms with Crippen LogP contribution in [0.2, 0.25) is 0 Å². The zero-order valence-electron chi connectivity index (χ0n) is 10.4. The van der Waals surface area contributed by atoms with Crippen LogP contribution < -0.4 is 0 Å². The highest BCUT2D eigenvalue weighted by Crippen LogP contribution is 1.89. The lowest BCUT2D eigenvalue weighted by atomic mass is 10.4. The number of esters is 2. The fourth-order valence-corrected chi connectivity index (χ4v) is 0.524. The molecule has 0 fully saturated rings. The van der Waals surface area contributed by atoms with Gasteiger partial charge in [-0.15, -0.1) is 0 Å². The van der Waals surface area contributed by atoms with Crippen molar-refractivity contribution in [2.45, 2.75) is 26.9 Å². The molecule has 0 aromatic carbocycles. The van der Waals surface area contributed by atoms with Crippen LogP contribution in [0.5, 0.6) is 0 Å². The van der Waals surface area contributed by atoms with E-state index in [2.05, 4.69) is 16.1 Å². The lowest BCUT2D eigenvalue weighted by molar-refractivity contribution is -0.151. The molecule has 6 nitrogen and oxygen atoms in total. The van der Waals surface area contributed by atoms with Gasteiger partial charge in [0.25, 0.3) is 0 Å². The van der Waals surface area contributed by atoms with Crippen molar-refractivity contribution in [3.63, 3.8) is 0 Å². The summed E-state index contributed by atoms with van der Waals surface area (Å²) in [4.78, 5) is 20.7. The molecule has 0 spiro atoms. The average molecular weight is 248 g/mol. The van der Waals surface area contributed by atoms with E-state index in [0.717, 1.165) is 0 Å². The largest absolute Gasteiger partial charge is 0.464 e. The van der Waals surface area contributed by atoms with Crippen molar-refractivity contribution in [1.29, 1.82) is 0 Å². The molecule has 0 amide bonds. The van der Waals surface area contributed by atoms with Crippen LogP contribution in [0.1, 0.15) is 20.8 Å². The highest BCUT2D eigenvalue weighted by Gasteiger charge is 2.07. The highest BCUT2D eigenvalue weighted by atomic mass is 16.5. The van der Waals surface area contributed by atoms with E-state index in [1.165, 1.54) is 6.92 Å². The summed E-state index contributed by atoms with van der Waals surface area (Å²) in [5.41, 5.74) is 0.350. The summed E-state index contributed by atoms with van der Waals surface area (Å²) in [6.45, 7) is 8.21. The van der Waals surface area contributed by atoms with Crippen LogP contribution in [0.4, 0.5) is 0 Å². The van der Waals surface area contributed by atoms with Crippen LogP contribution in [0.3, 0.4) is 0 Å². The van der Waals surface area contributed by atoms with Gasteiger partial charge in [0.1, 0.15) is 12.7 Å². The molecule has 0 saturated carbocycles. The van der Waals surface area contributed by atoms with E-state index < -0.39 is 18.0 Å². The molecule has 0 aliphatic heterocycles. The van der Waals surface area contributed by atoms with Crippen molar-refractivity contribution < 1.29 is 29.3 Å². The van der Waals surface area contributed by atoms with E-state index in [0.29, 0.717) is 12.2 Å². The second kappa shape index (κ2) is 11.1. The topological polar surface area (TPSA) is 93.1 Å². The number of ether oxygens (including phenoxy) is 2. The van der Waals surface area contributed by atoms with Gasteiger partial charge in [0.2, 0.25) is 0 Å². The zero-order valence-corrected chi connectivity index (χ0v) is 10.4. The van der Waals surface area contributed by atoms with Gasteiger partial charge in [-0.05, 0) is 20.8 Å². The van der Waals surface area contributed by atoms with Crippen molar-refractivity contribution in [3.05, 3.63) is 12.2 Å². The van der Waals surface area contributed by atoms with Gasteiger partial charge in [0.15, 0.2) is 0 Å². The van der Waals surface area contributed by atoms with Crippen LogP contribution >= 0.6 is 0 Å². The summed E-state index contributed by atoms with van der Waals surface area (Å²) in [6.07, 6.45) is -0.991. The van der Waals surface area contributed by atoms with E-state index in [-0.39, 0.29) is 13.2 Å². The Hall–Kier alpha value is -1.40. The number of carbonyl (C=O) groups excluding carboxylic acids is 2. The van der Waals surface area contributed by atoms with E-state index in [9.17, 15) is 9.59 Å². The minimum absolute atomic E-state index is 0.0473. The third kappa shape index (κ3) is 12.5. The molecule has 0 bridgehead atoms. The summed E-state index contributed by atoms with van der Waals surface area (Å²) in [6, 6.07) is 0. The molecule has 1 unspecified atom stereocenters. The molecule has 0 rings (SSSR count). The first-order valence-corrected chi connectivity index (χ1v) is 5.14. The van der Waals surface area contributed by atoms with Crippen LogP contribution in [0, 0.1) is 0 Å². The normalized spacial score (nSPS) is 10.6. The Morgan fingerprint density at radius 3 is 2.12 bits per heavy atom. The number of hydrogen-bond donors (Lipinski definition) is 2. The SMILES string of the molecule is C=C(C)C(=O)OCCO.CCOC(=O)C(C)O. The van der Waals surface area contributed by atoms with Crippen molar-refractivity contribution in [1.82, 2.24) is 0 Å². The minimum Gasteiger partial charge on any atom is -0.464 e. The minimum atomic E-state index is -0.991. The quantitative estimate of drug-likeness (QED) is 0.526. The molecule has 0 aliphatic carbocycles. The first-order chi connectivity index (χ1) is 7.86. The zero-order chi connectivity index (χ0) is 13.8. The molecule has 17 heavy (non-hydrogen) atoms. The molecular weight excluding hydrogens is 228 g/mol. The van der Waals surface area contributed by atoms with Crippen LogP contribution in [-0.4, -0.2) is 48.1 Å². The Balaban J connectivity index is 0. The van der Waals surface area contributed by atoms with Gasteiger partial charge in [0.05, 0.1) is 13.2 Å². The summed E-state index contributed by atoms with van der Waals surface area (Å²) in [5.74, 6) is -1.02. The maximum absolute atomic E-state index is 10.5. The Morgan fingerprint density at radius 1 is 1.35 bits per heavy atom. The Bertz CT molecular complexity index is 246. The third-order valence-corrected chi connectivity index (χ3v) is 1.30. The molecule has 0 radical (unpaired) electrons. The van der Waals surface area contributed by atoms with E-state index in [1.54, 1.807) is 13.8 Å². The van der Waals surface area contributed by atoms with E-state index in [4.69, 9.17) is 10.2 Å². The Labute approximate surface area is 101 Å². The lowest BCUT2D eigenvalue weighted by Gasteiger charge is -2.01. The summed E-state index contributed by atoms with van der Waals surface area (Å²) < 4.78 is 8.88. The van der Waals surface area contributed by atoms with Gasteiger partial charge in [-0.25, -0.2) is 9.59 Å². The fraction of sp³-hybridized carbons (Fsp3) is 0.636. The number of aliphatic hydroxyl groups is 2. The molecule has 0 heterocycles. The van der Waals surface area contributed by atoms with Gasteiger partial charge in [-0.2, -0.15) is 0 Å². The van der Waals surface area contributed by atoms with Crippen molar-refractivity contribution in [3.8, 4) is 0 Å². The van der Waals surface area contributed by atoms with Gasteiger partial charge >= 0.3 is 11.9 Å². The molecule has 0 aromatic heterocycles. The Kier molecular flexibility index (Phi) is 11.7. The van der Waals surface area contributed by atoms with Crippen LogP contribution in [0.15, 0.2) is 12.2 Å². The lowest BCUT2D eigenvalue weighted by Crippen LogP contribution is -2.18. The average Bonchev–Trinajstić information content (AvgIpc) is 2.26. The van der Waals surface area contributed by atoms with Crippen molar-refractivity contribution >= 4 is 11.9 Å². The number of rotatable bonds is 5. The van der Waals surface area contributed by atoms with Gasteiger partial charge in [-0.1, -0.05) is 6.58 Å². The number of aliphatic hydroxyl groups excluding tert-OH is 2. The van der Waals surface area contributed by atoms with Gasteiger partial charge in [0, 0.05) is 5.57 Å². The predicted molar refractivity (Wildman–Crippen MR) is 61.2 cm³/mol. The summed E-state index contributed by atoms with van der Waals surface area (Å²) in [5, 5.41) is 16.7. The molecule has 0 aromatic rings. The molecule has 100 valence electrons. The van der Waals surface area contributed by atoms with Gasteiger partial charge in [-0.3, -0.25) is 0 Å². The predicted octanol–water partition coefficient (Wildman–Crippen LogP) is 0.0283. The van der Waals surface area contributed by atoms with Crippen molar-refractivity contribution in [2.75, 3.05) is 19.8 Å². The molecular formula is C11H20O6. The molecule has 0 saturated heterocycles. The fourth-order valence-electron chi connectivity index (χ4n) is 0.524. The number of carbonyl (C=O) groups is 2. The maximum atomic E-state index is 10.5. The number of hydrogen-bond acceptors (Lipinski definition) is 6. The molecule has 2 N–H and O–H groups in total. The van der Waals surface area contributed by atoms with E-state index in [1.807, 2.05) is 0 Å². The monoisotopic (exact) mass is 248 g/mol. The smallest absolute Gasteiger partial charge is 0.334 e. The Morgan fingerprint density at radius 2 is 1.88 bits per heavy atom.